The van der Waals surface area contributed by atoms with Gasteiger partial charge in [-0.2, -0.15) is 4.98 Å². The fourth-order valence-electron chi connectivity index (χ4n) is 2.19. The topological polar surface area (TPSA) is 98.2 Å². The van der Waals surface area contributed by atoms with Crippen LogP contribution in [0.2, 0.25) is 0 Å². The molecule has 0 aliphatic rings. The second-order valence-electron chi connectivity index (χ2n) is 5.01. The fraction of sp³-hybridized carbons (Fsp3) is 0.133. The zero-order valence-electron chi connectivity index (χ0n) is 12.4. The summed E-state index contributed by atoms with van der Waals surface area (Å²) in [5.41, 5.74) is 1.34. The van der Waals surface area contributed by atoms with Crippen LogP contribution in [-0.4, -0.2) is 30.4 Å². The standard InChI is InChI=1S/C15H12N6O2S/c22-12(7-10-9-21-5-6-24-15(21)18-10)17-8-13-19-14(20-23-13)11-3-1-2-4-16-11/h1-6,9H,7-8H2,(H,17,22). The molecule has 120 valence electrons. The second kappa shape index (κ2) is 6.20. The van der Waals surface area contributed by atoms with Crippen LogP contribution in [-0.2, 0) is 17.8 Å². The molecule has 0 saturated carbocycles. The first kappa shape index (κ1) is 14.5. The normalized spacial score (nSPS) is 11.0. The Morgan fingerprint density at radius 3 is 3.12 bits per heavy atom. The Balaban J connectivity index is 1.35. The summed E-state index contributed by atoms with van der Waals surface area (Å²) in [5.74, 6) is 0.572. The van der Waals surface area contributed by atoms with Crippen molar-refractivity contribution in [2.24, 2.45) is 0 Å². The van der Waals surface area contributed by atoms with Crippen LogP contribution in [0.3, 0.4) is 0 Å². The number of amides is 1. The van der Waals surface area contributed by atoms with Crippen LogP contribution >= 0.6 is 11.3 Å². The Morgan fingerprint density at radius 1 is 1.33 bits per heavy atom. The summed E-state index contributed by atoms with van der Waals surface area (Å²) in [6.07, 6.45) is 5.61. The van der Waals surface area contributed by atoms with E-state index in [9.17, 15) is 4.79 Å². The van der Waals surface area contributed by atoms with E-state index in [1.807, 2.05) is 34.3 Å². The lowest BCUT2D eigenvalue weighted by atomic mass is 10.3. The van der Waals surface area contributed by atoms with E-state index in [1.165, 1.54) is 11.3 Å². The van der Waals surface area contributed by atoms with Gasteiger partial charge in [0.2, 0.25) is 17.6 Å². The van der Waals surface area contributed by atoms with Crippen LogP contribution in [0, 0.1) is 0 Å². The number of hydrogen-bond acceptors (Lipinski definition) is 7. The van der Waals surface area contributed by atoms with Crippen molar-refractivity contribution in [3.8, 4) is 11.5 Å². The molecule has 0 aromatic carbocycles. The average Bonchev–Trinajstić information content (AvgIpc) is 3.29. The van der Waals surface area contributed by atoms with E-state index < -0.39 is 0 Å². The molecule has 1 N–H and O–H groups in total. The van der Waals surface area contributed by atoms with Crippen molar-refractivity contribution in [1.29, 1.82) is 0 Å². The lowest BCUT2D eigenvalue weighted by molar-refractivity contribution is -0.120. The third kappa shape index (κ3) is 3.01. The van der Waals surface area contributed by atoms with Crippen LogP contribution in [0.1, 0.15) is 11.6 Å². The zero-order chi connectivity index (χ0) is 16.4. The number of pyridine rings is 1. The molecule has 4 aromatic rings. The first-order valence-corrected chi connectivity index (χ1v) is 8.08. The molecule has 24 heavy (non-hydrogen) atoms. The summed E-state index contributed by atoms with van der Waals surface area (Å²) in [4.78, 5) is 25.6. The lowest BCUT2D eigenvalue weighted by Crippen LogP contribution is -2.24. The molecular formula is C15H12N6O2S. The van der Waals surface area contributed by atoms with E-state index in [4.69, 9.17) is 4.52 Å². The van der Waals surface area contributed by atoms with Gasteiger partial charge in [0.15, 0.2) is 4.96 Å². The van der Waals surface area contributed by atoms with Gasteiger partial charge in [0.05, 0.1) is 18.7 Å². The highest BCUT2D eigenvalue weighted by Gasteiger charge is 2.12. The quantitative estimate of drug-likeness (QED) is 0.594. The number of nitrogens with one attached hydrogen (secondary N) is 1. The summed E-state index contributed by atoms with van der Waals surface area (Å²) in [7, 11) is 0. The predicted molar refractivity (Wildman–Crippen MR) is 86.1 cm³/mol. The van der Waals surface area contributed by atoms with Gasteiger partial charge in [-0.25, -0.2) is 4.98 Å². The number of aromatic nitrogens is 5. The minimum Gasteiger partial charge on any atom is -0.347 e. The Kier molecular flexibility index (Phi) is 3.75. The number of rotatable bonds is 5. The van der Waals surface area contributed by atoms with Crippen molar-refractivity contribution < 1.29 is 9.32 Å². The Hall–Kier alpha value is -3.07. The highest BCUT2D eigenvalue weighted by atomic mass is 32.1. The highest BCUT2D eigenvalue weighted by molar-refractivity contribution is 7.15. The summed E-state index contributed by atoms with van der Waals surface area (Å²) >= 11 is 1.53. The molecule has 4 aromatic heterocycles. The maximum Gasteiger partial charge on any atom is 0.246 e. The van der Waals surface area contributed by atoms with E-state index in [1.54, 1.807) is 12.3 Å². The summed E-state index contributed by atoms with van der Waals surface area (Å²) in [5, 5.41) is 8.55. The van der Waals surface area contributed by atoms with Crippen LogP contribution in [0.5, 0.6) is 0 Å². The minimum absolute atomic E-state index is 0.154. The number of nitrogens with zero attached hydrogens (tertiary/aromatic N) is 5. The summed E-state index contributed by atoms with van der Waals surface area (Å²) in [6.45, 7) is 0.168. The van der Waals surface area contributed by atoms with E-state index in [2.05, 4.69) is 25.4 Å². The zero-order valence-corrected chi connectivity index (χ0v) is 13.2. The molecule has 4 heterocycles. The maximum atomic E-state index is 12.0. The number of fused-ring (bicyclic) bond motifs is 1. The molecule has 8 nitrogen and oxygen atoms in total. The van der Waals surface area contributed by atoms with Crippen LogP contribution in [0.15, 0.2) is 46.7 Å². The molecule has 0 aliphatic carbocycles. The van der Waals surface area contributed by atoms with Gasteiger partial charge in [-0.15, -0.1) is 11.3 Å². The first-order valence-electron chi connectivity index (χ1n) is 7.20. The Morgan fingerprint density at radius 2 is 2.29 bits per heavy atom. The molecule has 0 fully saturated rings. The molecule has 1 amide bonds. The van der Waals surface area contributed by atoms with E-state index in [0.717, 1.165) is 10.7 Å². The van der Waals surface area contributed by atoms with Crippen molar-refractivity contribution in [3.63, 3.8) is 0 Å². The fourth-order valence-corrected chi connectivity index (χ4v) is 2.91. The Labute approximate surface area is 140 Å². The average molecular weight is 340 g/mol. The van der Waals surface area contributed by atoms with Crippen molar-refractivity contribution in [1.82, 2.24) is 29.8 Å². The molecule has 0 saturated heterocycles. The van der Waals surface area contributed by atoms with E-state index in [-0.39, 0.29) is 18.9 Å². The van der Waals surface area contributed by atoms with Crippen molar-refractivity contribution in [2.45, 2.75) is 13.0 Å². The van der Waals surface area contributed by atoms with Gasteiger partial charge in [0, 0.05) is 24.0 Å². The van der Waals surface area contributed by atoms with E-state index in [0.29, 0.717) is 17.4 Å². The molecular weight excluding hydrogens is 328 g/mol. The van der Waals surface area contributed by atoms with Gasteiger partial charge in [-0.1, -0.05) is 11.2 Å². The van der Waals surface area contributed by atoms with Gasteiger partial charge >= 0.3 is 0 Å². The van der Waals surface area contributed by atoms with Crippen molar-refractivity contribution in [3.05, 3.63) is 53.8 Å². The Bertz CT molecular complexity index is 946. The lowest BCUT2D eigenvalue weighted by Gasteiger charge is -1.99. The third-order valence-electron chi connectivity index (χ3n) is 3.28. The molecule has 0 bridgehead atoms. The smallest absolute Gasteiger partial charge is 0.246 e. The SMILES string of the molecule is O=C(Cc1cn2ccsc2n1)NCc1nc(-c2ccccn2)no1. The van der Waals surface area contributed by atoms with Crippen LogP contribution in [0.4, 0.5) is 0 Å². The summed E-state index contributed by atoms with van der Waals surface area (Å²) < 4.78 is 7.01. The molecule has 9 heteroatoms. The van der Waals surface area contributed by atoms with Gasteiger partial charge in [-0.05, 0) is 12.1 Å². The molecule has 0 aliphatic heterocycles. The highest BCUT2D eigenvalue weighted by Crippen LogP contribution is 2.13. The van der Waals surface area contributed by atoms with Crippen molar-refractivity contribution >= 4 is 22.2 Å². The van der Waals surface area contributed by atoms with Gasteiger partial charge in [-0.3, -0.25) is 14.2 Å². The molecule has 4 rings (SSSR count). The molecule has 0 unspecified atom stereocenters. The number of carbonyl (C=O) groups is 1. The van der Waals surface area contributed by atoms with Crippen LogP contribution in [0.25, 0.3) is 16.5 Å². The van der Waals surface area contributed by atoms with Gasteiger partial charge in [0.25, 0.3) is 0 Å². The number of imidazole rings is 1. The molecule has 0 spiro atoms. The largest absolute Gasteiger partial charge is 0.347 e. The first-order chi connectivity index (χ1) is 11.8. The number of carbonyl (C=O) groups excluding carboxylic acids is 1. The van der Waals surface area contributed by atoms with Gasteiger partial charge < -0.3 is 9.84 Å². The summed E-state index contributed by atoms with van der Waals surface area (Å²) in [6, 6.07) is 5.44. The van der Waals surface area contributed by atoms with Crippen LogP contribution < -0.4 is 5.32 Å². The monoisotopic (exact) mass is 340 g/mol. The number of thiazole rings is 1. The second-order valence-corrected chi connectivity index (χ2v) is 5.88. The van der Waals surface area contributed by atoms with E-state index >= 15 is 0 Å². The molecule has 0 atom stereocenters. The van der Waals surface area contributed by atoms with Crippen molar-refractivity contribution in [2.75, 3.05) is 0 Å². The maximum absolute atomic E-state index is 12.0. The molecule has 0 radical (unpaired) electrons. The predicted octanol–water partition coefficient (Wildman–Crippen LogP) is 1.70. The number of hydrogen-bond donors (Lipinski definition) is 1. The minimum atomic E-state index is -0.154. The van der Waals surface area contributed by atoms with Gasteiger partial charge in [0.1, 0.15) is 5.69 Å². The third-order valence-corrected chi connectivity index (χ3v) is 4.05.